The van der Waals surface area contributed by atoms with Crippen LogP contribution in [0.1, 0.15) is 6.42 Å². The van der Waals surface area contributed by atoms with E-state index in [2.05, 4.69) is 9.98 Å². The summed E-state index contributed by atoms with van der Waals surface area (Å²) in [6.07, 6.45) is 3.25. The van der Waals surface area contributed by atoms with Crippen LogP contribution in [0.25, 0.3) is 0 Å². The first-order chi connectivity index (χ1) is 5.88. The molecule has 12 heavy (non-hydrogen) atoms. The van der Waals surface area contributed by atoms with Crippen molar-refractivity contribution in [2.24, 2.45) is 15.9 Å². The monoisotopic (exact) mass is 184 g/mol. The van der Waals surface area contributed by atoms with Crippen LogP contribution >= 0.6 is 11.8 Å². The van der Waals surface area contributed by atoms with Crippen molar-refractivity contribution < 1.29 is 9.59 Å². The Balaban J connectivity index is 2.63. The van der Waals surface area contributed by atoms with Gasteiger partial charge < -0.3 is 0 Å². The normalized spacial score (nSPS) is 23.8. The molecule has 0 spiro atoms. The molecule has 4 nitrogen and oxygen atoms in total. The average molecular weight is 184 g/mol. The molecule has 0 saturated carbocycles. The van der Waals surface area contributed by atoms with E-state index in [0.29, 0.717) is 0 Å². The first-order valence-electron chi connectivity index (χ1n) is 3.60. The van der Waals surface area contributed by atoms with Gasteiger partial charge in [-0.1, -0.05) is 0 Å². The average Bonchev–Trinajstić information content (AvgIpc) is 2.56. The van der Waals surface area contributed by atoms with E-state index in [9.17, 15) is 9.59 Å². The number of carbonyl (C=O) groups excluding carboxylic acids is 2. The molecule has 0 aliphatic carbocycles. The van der Waals surface area contributed by atoms with E-state index in [0.717, 1.165) is 17.9 Å². The zero-order valence-electron chi connectivity index (χ0n) is 6.40. The minimum absolute atomic E-state index is 0.206. The van der Waals surface area contributed by atoms with Gasteiger partial charge in [0, 0.05) is 11.7 Å². The van der Waals surface area contributed by atoms with Crippen LogP contribution < -0.4 is 0 Å². The Hall–Kier alpha value is -0.890. The molecule has 1 heterocycles. The van der Waals surface area contributed by atoms with Crippen molar-refractivity contribution in [2.45, 2.75) is 12.6 Å². The Morgan fingerprint density at radius 3 is 2.42 bits per heavy atom. The van der Waals surface area contributed by atoms with Crippen LogP contribution in [0.15, 0.2) is 9.98 Å². The van der Waals surface area contributed by atoms with Gasteiger partial charge in [-0.3, -0.25) is 0 Å². The van der Waals surface area contributed by atoms with Crippen molar-refractivity contribution in [3.63, 3.8) is 0 Å². The van der Waals surface area contributed by atoms with Crippen molar-refractivity contribution in [3.05, 3.63) is 0 Å². The van der Waals surface area contributed by atoms with Crippen LogP contribution in [0.4, 0.5) is 0 Å². The number of aliphatic imine (C=N–C) groups is 2. The molecule has 0 radical (unpaired) electrons. The lowest BCUT2D eigenvalue weighted by Crippen LogP contribution is -2.15. The standard InChI is InChI=1S/C7H8N2O2S/c10-4-8-7(9-5-11)6-1-2-12-3-6/h6-7H,1-3H2. The molecule has 0 amide bonds. The minimum Gasteiger partial charge on any atom is -0.211 e. The van der Waals surface area contributed by atoms with Gasteiger partial charge in [-0.15, -0.1) is 0 Å². The second kappa shape index (κ2) is 4.88. The maximum absolute atomic E-state index is 9.96. The lowest BCUT2D eigenvalue weighted by molar-refractivity contribution is 0.469. The SMILES string of the molecule is O=C=NC(N=C=O)C1CCSC1. The predicted molar refractivity (Wildman–Crippen MR) is 45.5 cm³/mol. The maximum Gasteiger partial charge on any atom is 0.237 e. The van der Waals surface area contributed by atoms with Gasteiger partial charge in [-0.05, 0) is 12.2 Å². The lowest BCUT2D eigenvalue weighted by atomic mass is 10.1. The maximum atomic E-state index is 9.96. The predicted octanol–water partition coefficient (Wildman–Crippen LogP) is 0.737. The van der Waals surface area contributed by atoms with Crippen LogP contribution in [0.3, 0.4) is 0 Å². The smallest absolute Gasteiger partial charge is 0.211 e. The van der Waals surface area contributed by atoms with Gasteiger partial charge in [0.1, 0.15) is 0 Å². The van der Waals surface area contributed by atoms with Crippen molar-refractivity contribution in [1.29, 1.82) is 0 Å². The molecule has 1 fully saturated rings. The second-order valence-corrected chi connectivity index (χ2v) is 3.63. The molecule has 1 aliphatic rings. The van der Waals surface area contributed by atoms with E-state index in [1.807, 2.05) is 0 Å². The molecule has 0 N–H and O–H groups in total. The van der Waals surface area contributed by atoms with Crippen molar-refractivity contribution in [2.75, 3.05) is 11.5 Å². The highest BCUT2D eigenvalue weighted by molar-refractivity contribution is 7.99. The number of rotatable bonds is 3. The summed E-state index contributed by atoms with van der Waals surface area (Å²) in [6, 6.07) is 0. The summed E-state index contributed by atoms with van der Waals surface area (Å²) in [4.78, 5) is 26.8. The van der Waals surface area contributed by atoms with Gasteiger partial charge in [-0.2, -0.15) is 21.7 Å². The highest BCUT2D eigenvalue weighted by Gasteiger charge is 2.24. The van der Waals surface area contributed by atoms with Crippen molar-refractivity contribution in [1.82, 2.24) is 0 Å². The van der Waals surface area contributed by atoms with Crippen LogP contribution in [0.5, 0.6) is 0 Å². The van der Waals surface area contributed by atoms with Gasteiger partial charge in [0.05, 0.1) is 0 Å². The molecule has 1 aliphatic heterocycles. The third-order valence-electron chi connectivity index (χ3n) is 1.76. The first-order valence-corrected chi connectivity index (χ1v) is 4.75. The molecular weight excluding hydrogens is 176 g/mol. The number of hydrogen-bond donors (Lipinski definition) is 0. The summed E-state index contributed by atoms with van der Waals surface area (Å²) in [5, 5.41) is 0. The number of nitrogens with zero attached hydrogens (tertiary/aromatic N) is 2. The first kappa shape index (κ1) is 9.20. The van der Waals surface area contributed by atoms with Gasteiger partial charge in [0.15, 0.2) is 6.17 Å². The van der Waals surface area contributed by atoms with Crippen LogP contribution in [0, 0.1) is 5.92 Å². The van der Waals surface area contributed by atoms with Crippen LogP contribution in [-0.4, -0.2) is 29.8 Å². The summed E-state index contributed by atoms with van der Waals surface area (Å²) < 4.78 is 0. The Labute approximate surface area is 74.2 Å². The van der Waals surface area contributed by atoms with Crippen LogP contribution in [-0.2, 0) is 9.59 Å². The van der Waals surface area contributed by atoms with E-state index in [-0.39, 0.29) is 5.92 Å². The minimum atomic E-state index is -0.546. The fourth-order valence-electron chi connectivity index (χ4n) is 1.14. The Kier molecular flexibility index (Phi) is 3.74. The van der Waals surface area contributed by atoms with Gasteiger partial charge >= 0.3 is 0 Å². The van der Waals surface area contributed by atoms with Gasteiger partial charge in [-0.25, -0.2) is 9.59 Å². The Bertz CT molecular complexity index is 220. The molecule has 1 unspecified atom stereocenters. The Morgan fingerprint density at radius 2 is 2.00 bits per heavy atom. The fraction of sp³-hybridized carbons (Fsp3) is 0.714. The fourth-order valence-corrected chi connectivity index (χ4v) is 2.41. The zero-order chi connectivity index (χ0) is 8.81. The highest BCUT2D eigenvalue weighted by atomic mass is 32.2. The number of isocyanates is 2. The van der Waals surface area contributed by atoms with E-state index in [1.165, 1.54) is 12.2 Å². The summed E-state index contributed by atoms with van der Waals surface area (Å²) in [6.45, 7) is 0. The highest BCUT2D eigenvalue weighted by Crippen LogP contribution is 2.27. The Morgan fingerprint density at radius 1 is 1.33 bits per heavy atom. The van der Waals surface area contributed by atoms with E-state index in [4.69, 9.17) is 0 Å². The molecule has 0 aromatic carbocycles. The third kappa shape index (κ3) is 2.31. The van der Waals surface area contributed by atoms with E-state index in [1.54, 1.807) is 11.8 Å². The number of hydrogen-bond acceptors (Lipinski definition) is 5. The molecule has 1 saturated heterocycles. The quantitative estimate of drug-likeness (QED) is 0.480. The van der Waals surface area contributed by atoms with E-state index >= 15 is 0 Å². The molecule has 0 aromatic heterocycles. The second-order valence-electron chi connectivity index (χ2n) is 2.48. The van der Waals surface area contributed by atoms with E-state index < -0.39 is 6.17 Å². The molecule has 5 heteroatoms. The topological polar surface area (TPSA) is 58.9 Å². The zero-order valence-corrected chi connectivity index (χ0v) is 7.21. The summed E-state index contributed by atoms with van der Waals surface area (Å²) >= 11 is 1.78. The number of thioether (sulfide) groups is 1. The van der Waals surface area contributed by atoms with Gasteiger partial charge in [0.2, 0.25) is 12.2 Å². The molecule has 0 bridgehead atoms. The summed E-state index contributed by atoms with van der Waals surface area (Å²) in [5.41, 5.74) is 0. The lowest BCUT2D eigenvalue weighted by Gasteiger charge is -2.09. The third-order valence-corrected chi connectivity index (χ3v) is 2.94. The van der Waals surface area contributed by atoms with Crippen molar-refractivity contribution >= 4 is 23.9 Å². The van der Waals surface area contributed by atoms with Gasteiger partial charge in [0.25, 0.3) is 0 Å². The summed E-state index contributed by atoms with van der Waals surface area (Å²) in [5.74, 6) is 2.16. The summed E-state index contributed by atoms with van der Waals surface area (Å²) in [7, 11) is 0. The van der Waals surface area contributed by atoms with Crippen LogP contribution in [0.2, 0.25) is 0 Å². The molecule has 1 rings (SSSR count). The molecule has 1 atom stereocenters. The molecule has 64 valence electrons. The largest absolute Gasteiger partial charge is 0.237 e. The molecule has 0 aromatic rings. The van der Waals surface area contributed by atoms with Crippen molar-refractivity contribution in [3.8, 4) is 0 Å². The molecular formula is C7H8N2O2S.